The van der Waals surface area contributed by atoms with Gasteiger partial charge in [0.15, 0.2) is 0 Å². The highest BCUT2D eigenvalue weighted by Gasteiger charge is 2.10. The highest BCUT2D eigenvalue weighted by atomic mass is 32.2. The van der Waals surface area contributed by atoms with Crippen LogP contribution in [0, 0.1) is 0 Å². The first kappa shape index (κ1) is 17.5. The third-order valence-corrected chi connectivity index (χ3v) is 3.03. The van der Waals surface area contributed by atoms with E-state index >= 15 is 0 Å². The van der Waals surface area contributed by atoms with Gasteiger partial charge in [0.2, 0.25) is 21.7 Å². The van der Waals surface area contributed by atoms with Gasteiger partial charge < -0.3 is 10.4 Å². The zero-order valence-electron chi connectivity index (χ0n) is 10.4. The zero-order chi connectivity index (χ0) is 14.9. The predicted octanol–water partition coefficient (Wildman–Crippen LogP) is -1.00. The van der Waals surface area contributed by atoms with Crippen molar-refractivity contribution in [1.29, 1.82) is 0 Å². The molecule has 4 N–H and O–H groups in total. The van der Waals surface area contributed by atoms with Crippen LogP contribution in [0.5, 0.6) is 0 Å². The van der Waals surface area contributed by atoms with Crippen LogP contribution in [0.25, 0.3) is 0 Å². The van der Waals surface area contributed by atoms with E-state index in [9.17, 15) is 22.8 Å². The molecular weight excluding hydrogens is 276 g/mol. The minimum absolute atomic E-state index is 0.0326. The van der Waals surface area contributed by atoms with Crippen molar-refractivity contribution < 1.29 is 27.9 Å². The van der Waals surface area contributed by atoms with Crippen molar-refractivity contribution >= 4 is 27.7 Å². The Bertz CT molecular complexity index is 431. The third kappa shape index (κ3) is 11.3. The Kier molecular flexibility index (Phi) is 7.92. The van der Waals surface area contributed by atoms with E-state index in [0.29, 0.717) is 19.3 Å². The summed E-state index contributed by atoms with van der Waals surface area (Å²) in [6.45, 7) is -0.0326. The first-order valence-corrected chi connectivity index (χ1v) is 7.47. The number of carbonyl (C=O) groups is 3. The Morgan fingerprint density at radius 1 is 1.05 bits per heavy atom. The van der Waals surface area contributed by atoms with E-state index < -0.39 is 21.8 Å². The zero-order valence-corrected chi connectivity index (χ0v) is 11.2. The molecule has 0 aromatic heterocycles. The van der Waals surface area contributed by atoms with Crippen molar-refractivity contribution in [2.24, 2.45) is 5.14 Å². The van der Waals surface area contributed by atoms with E-state index in [0.717, 1.165) is 0 Å². The molecule has 8 nitrogen and oxygen atoms in total. The molecule has 1 amide bonds. The largest absolute Gasteiger partial charge is 0.476 e. The van der Waals surface area contributed by atoms with E-state index in [4.69, 9.17) is 10.2 Å². The van der Waals surface area contributed by atoms with Crippen LogP contribution >= 0.6 is 0 Å². The number of carboxylic acid groups (broad SMARTS) is 1. The maximum absolute atomic E-state index is 11.2. The van der Waals surface area contributed by atoms with E-state index in [1.807, 2.05) is 0 Å². The van der Waals surface area contributed by atoms with Crippen molar-refractivity contribution in [3.8, 4) is 0 Å². The number of hydrogen-bond acceptors (Lipinski definition) is 5. The molecule has 110 valence electrons. The second kappa shape index (κ2) is 8.59. The van der Waals surface area contributed by atoms with Gasteiger partial charge in [-0.1, -0.05) is 6.42 Å². The van der Waals surface area contributed by atoms with Crippen molar-refractivity contribution in [2.45, 2.75) is 32.1 Å². The molecule has 0 atom stereocenters. The SMILES string of the molecule is NS(=O)(=O)CCNC(=O)CCCCCC(=O)C(=O)O. The summed E-state index contributed by atoms with van der Waals surface area (Å²) in [7, 11) is -3.57. The van der Waals surface area contributed by atoms with Crippen molar-refractivity contribution in [3.63, 3.8) is 0 Å². The smallest absolute Gasteiger partial charge is 0.372 e. The summed E-state index contributed by atoms with van der Waals surface area (Å²) in [5, 5.41) is 15.5. The van der Waals surface area contributed by atoms with Gasteiger partial charge in [-0.3, -0.25) is 9.59 Å². The van der Waals surface area contributed by atoms with E-state index in [2.05, 4.69) is 5.32 Å². The van der Waals surface area contributed by atoms with Gasteiger partial charge in [0.25, 0.3) is 0 Å². The molecule has 0 bridgehead atoms. The molecule has 0 rings (SSSR count). The van der Waals surface area contributed by atoms with Crippen LogP contribution < -0.4 is 10.5 Å². The molecule has 0 aliphatic rings. The van der Waals surface area contributed by atoms with E-state index in [-0.39, 0.29) is 31.0 Å². The predicted molar refractivity (Wildman–Crippen MR) is 66.7 cm³/mol. The lowest BCUT2D eigenvalue weighted by Gasteiger charge is -2.03. The Labute approximate surface area is 111 Å². The number of carbonyl (C=O) groups excluding carboxylic acids is 2. The molecule has 9 heteroatoms. The number of amides is 1. The van der Waals surface area contributed by atoms with Gasteiger partial charge >= 0.3 is 5.97 Å². The molecule has 0 radical (unpaired) electrons. The molecule has 0 saturated heterocycles. The fourth-order valence-corrected chi connectivity index (χ4v) is 1.66. The molecule has 0 aromatic carbocycles. The molecule has 0 aliphatic carbocycles. The molecule has 19 heavy (non-hydrogen) atoms. The molecule has 0 aliphatic heterocycles. The number of nitrogens with two attached hydrogens (primary N) is 1. The van der Waals surface area contributed by atoms with Crippen LogP contribution in [0.15, 0.2) is 0 Å². The highest BCUT2D eigenvalue weighted by Crippen LogP contribution is 2.03. The number of aliphatic carboxylic acids is 1. The lowest BCUT2D eigenvalue weighted by atomic mass is 10.1. The number of ketones is 1. The minimum atomic E-state index is -3.57. The standard InChI is InChI=1S/C10H18N2O6S/c11-19(17,18)7-6-12-9(14)5-3-1-2-4-8(13)10(15)16/h1-7H2,(H,12,14)(H,15,16)(H2,11,17,18). The number of Topliss-reactive ketones (excluding diaryl/α,β-unsaturated/α-hetero) is 1. The Hall–Kier alpha value is -1.48. The molecule has 0 heterocycles. The van der Waals surface area contributed by atoms with Gasteiger partial charge in [-0.2, -0.15) is 0 Å². The lowest BCUT2D eigenvalue weighted by Crippen LogP contribution is -2.31. The van der Waals surface area contributed by atoms with Gasteiger partial charge in [0.1, 0.15) is 0 Å². The maximum atomic E-state index is 11.2. The van der Waals surface area contributed by atoms with Crippen molar-refractivity contribution in [2.75, 3.05) is 12.3 Å². The highest BCUT2D eigenvalue weighted by molar-refractivity contribution is 7.89. The number of primary sulfonamides is 1. The van der Waals surface area contributed by atoms with Crippen molar-refractivity contribution in [1.82, 2.24) is 5.32 Å². The van der Waals surface area contributed by atoms with Crippen LogP contribution in [0.4, 0.5) is 0 Å². The Morgan fingerprint density at radius 2 is 1.63 bits per heavy atom. The Morgan fingerprint density at radius 3 is 2.16 bits per heavy atom. The fourth-order valence-electron chi connectivity index (χ4n) is 1.28. The lowest BCUT2D eigenvalue weighted by molar-refractivity contribution is -0.149. The number of nitrogens with one attached hydrogen (secondary N) is 1. The number of unbranched alkanes of at least 4 members (excludes halogenated alkanes) is 2. The van der Waals surface area contributed by atoms with Gasteiger partial charge in [0.05, 0.1) is 5.75 Å². The summed E-state index contributed by atoms with van der Waals surface area (Å²) in [5.41, 5.74) is 0. The molecule has 0 aromatic rings. The molecule has 0 unspecified atom stereocenters. The second-order valence-corrected chi connectivity index (χ2v) is 5.74. The summed E-state index contributed by atoms with van der Waals surface area (Å²) >= 11 is 0. The van der Waals surface area contributed by atoms with Crippen LogP contribution in [0.2, 0.25) is 0 Å². The quantitative estimate of drug-likeness (QED) is 0.348. The number of hydrogen-bond donors (Lipinski definition) is 3. The number of sulfonamides is 1. The number of rotatable bonds is 10. The minimum Gasteiger partial charge on any atom is -0.476 e. The van der Waals surface area contributed by atoms with Crippen molar-refractivity contribution in [3.05, 3.63) is 0 Å². The summed E-state index contributed by atoms with van der Waals surface area (Å²) in [5.74, 6) is -2.89. The van der Waals surface area contributed by atoms with Gasteiger partial charge in [-0.25, -0.2) is 18.4 Å². The van der Waals surface area contributed by atoms with Crippen LogP contribution in [0.1, 0.15) is 32.1 Å². The summed E-state index contributed by atoms with van der Waals surface area (Å²) in [6.07, 6.45) is 1.64. The van der Waals surface area contributed by atoms with Crippen LogP contribution in [-0.4, -0.2) is 43.5 Å². The van der Waals surface area contributed by atoms with Gasteiger partial charge in [-0.05, 0) is 12.8 Å². The molecular formula is C10H18N2O6S. The summed E-state index contributed by atoms with van der Waals surface area (Å²) in [6, 6.07) is 0. The average molecular weight is 294 g/mol. The van der Waals surface area contributed by atoms with E-state index in [1.165, 1.54) is 0 Å². The topological polar surface area (TPSA) is 144 Å². The summed E-state index contributed by atoms with van der Waals surface area (Å²) in [4.78, 5) is 32.2. The maximum Gasteiger partial charge on any atom is 0.372 e. The third-order valence-electron chi connectivity index (χ3n) is 2.25. The van der Waals surface area contributed by atoms with Crippen LogP contribution in [0.3, 0.4) is 0 Å². The Balaban J connectivity index is 3.54. The van der Waals surface area contributed by atoms with Gasteiger partial charge in [-0.15, -0.1) is 0 Å². The monoisotopic (exact) mass is 294 g/mol. The first-order chi connectivity index (χ1) is 8.72. The van der Waals surface area contributed by atoms with Gasteiger partial charge in [0, 0.05) is 19.4 Å². The second-order valence-electron chi connectivity index (χ2n) is 4.01. The molecule has 0 fully saturated rings. The first-order valence-electron chi connectivity index (χ1n) is 5.75. The molecule has 0 spiro atoms. The normalized spacial score (nSPS) is 11.0. The number of carboxylic acids is 1. The van der Waals surface area contributed by atoms with E-state index in [1.54, 1.807) is 0 Å². The average Bonchev–Trinajstić information content (AvgIpc) is 2.26. The molecule has 0 saturated carbocycles. The summed E-state index contributed by atoms with van der Waals surface area (Å²) < 4.78 is 21.2. The fraction of sp³-hybridized carbons (Fsp3) is 0.700. The van der Waals surface area contributed by atoms with Crippen LogP contribution in [-0.2, 0) is 24.4 Å².